The van der Waals surface area contributed by atoms with Crippen molar-refractivity contribution in [3.05, 3.63) is 0 Å². The number of carbonyl (C=O) groups is 1. The molecule has 0 aliphatic rings. The summed E-state index contributed by atoms with van der Waals surface area (Å²) in [4.78, 5) is 11.3. The summed E-state index contributed by atoms with van der Waals surface area (Å²) in [7, 11) is 1.57. The van der Waals surface area contributed by atoms with Crippen LogP contribution in [0, 0.1) is 12.3 Å². The Balaban J connectivity index is 3.69. The molecule has 1 amide bonds. The van der Waals surface area contributed by atoms with Crippen LogP contribution in [0.25, 0.3) is 0 Å². The standard InChI is InChI=1S/C11H20N2O3/c1-4-6-12-8-10(14)13-9-11(2,15)5-7-16-3/h1,12,15H,5-9H2,2-3H3,(H,13,14). The van der Waals surface area contributed by atoms with Gasteiger partial charge >= 0.3 is 0 Å². The van der Waals surface area contributed by atoms with E-state index in [1.54, 1.807) is 14.0 Å². The van der Waals surface area contributed by atoms with Crippen LogP contribution >= 0.6 is 0 Å². The van der Waals surface area contributed by atoms with Crippen LogP contribution in [0.2, 0.25) is 0 Å². The lowest BCUT2D eigenvalue weighted by Crippen LogP contribution is -2.44. The smallest absolute Gasteiger partial charge is 0.234 e. The fourth-order valence-electron chi connectivity index (χ4n) is 1.01. The van der Waals surface area contributed by atoms with E-state index in [0.717, 1.165) is 0 Å². The van der Waals surface area contributed by atoms with Gasteiger partial charge in [-0.1, -0.05) is 5.92 Å². The molecular formula is C11H20N2O3. The quantitative estimate of drug-likeness (QED) is 0.372. The summed E-state index contributed by atoms with van der Waals surface area (Å²) in [6.45, 7) is 2.82. The lowest BCUT2D eigenvalue weighted by molar-refractivity contribution is -0.121. The first-order valence-corrected chi connectivity index (χ1v) is 5.14. The summed E-state index contributed by atoms with van der Waals surface area (Å²) in [5.74, 6) is 2.18. The molecule has 0 aromatic carbocycles. The van der Waals surface area contributed by atoms with Crippen LogP contribution in [0.15, 0.2) is 0 Å². The van der Waals surface area contributed by atoms with E-state index < -0.39 is 5.60 Å². The summed E-state index contributed by atoms with van der Waals surface area (Å²) in [5, 5.41) is 15.2. The molecule has 1 atom stereocenters. The van der Waals surface area contributed by atoms with E-state index in [4.69, 9.17) is 11.2 Å². The first kappa shape index (κ1) is 14.9. The Hall–Kier alpha value is -1.09. The summed E-state index contributed by atoms with van der Waals surface area (Å²) < 4.78 is 4.86. The molecule has 0 saturated carbocycles. The van der Waals surface area contributed by atoms with Crippen LogP contribution in [0.4, 0.5) is 0 Å². The molecule has 0 rings (SSSR count). The predicted molar refractivity (Wildman–Crippen MR) is 61.8 cm³/mol. The minimum Gasteiger partial charge on any atom is -0.388 e. The van der Waals surface area contributed by atoms with E-state index in [2.05, 4.69) is 16.6 Å². The molecule has 0 spiro atoms. The number of carbonyl (C=O) groups excluding carboxylic acids is 1. The monoisotopic (exact) mass is 228 g/mol. The second-order valence-electron chi connectivity index (χ2n) is 3.82. The van der Waals surface area contributed by atoms with Gasteiger partial charge in [-0.2, -0.15) is 0 Å². The average Bonchev–Trinajstić information content (AvgIpc) is 2.24. The summed E-state index contributed by atoms with van der Waals surface area (Å²) in [6.07, 6.45) is 5.49. The number of nitrogens with one attached hydrogen (secondary N) is 2. The van der Waals surface area contributed by atoms with Crippen LogP contribution in [-0.2, 0) is 9.53 Å². The van der Waals surface area contributed by atoms with Crippen LogP contribution in [-0.4, -0.2) is 50.0 Å². The Bertz CT molecular complexity index is 246. The number of aliphatic hydroxyl groups is 1. The molecule has 0 heterocycles. The first-order valence-electron chi connectivity index (χ1n) is 5.14. The maximum atomic E-state index is 11.3. The molecule has 0 bridgehead atoms. The van der Waals surface area contributed by atoms with Crippen LogP contribution in [0.1, 0.15) is 13.3 Å². The molecule has 16 heavy (non-hydrogen) atoms. The van der Waals surface area contributed by atoms with Gasteiger partial charge in [-0.3, -0.25) is 10.1 Å². The van der Waals surface area contributed by atoms with Crippen molar-refractivity contribution < 1.29 is 14.6 Å². The zero-order valence-electron chi connectivity index (χ0n) is 9.88. The Morgan fingerprint density at radius 2 is 2.31 bits per heavy atom. The molecule has 3 N–H and O–H groups in total. The largest absolute Gasteiger partial charge is 0.388 e. The topological polar surface area (TPSA) is 70.6 Å². The Morgan fingerprint density at radius 3 is 2.88 bits per heavy atom. The molecule has 5 heteroatoms. The molecule has 0 radical (unpaired) electrons. The van der Waals surface area contributed by atoms with Gasteiger partial charge < -0.3 is 15.2 Å². The van der Waals surface area contributed by atoms with E-state index in [0.29, 0.717) is 19.6 Å². The molecule has 0 aromatic rings. The van der Waals surface area contributed by atoms with Gasteiger partial charge in [-0.15, -0.1) is 6.42 Å². The highest BCUT2D eigenvalue weighted by Crippen LogP contribution is 2.06. The Labute approximate surface area is 96.6 Å². The van der Waals surface area contributed by atoms with Crippen molar-refractivity contribution in [3.8, 4) is 12.3 Å². The molecule has 0 fully saturated rings. The summed E-state index contributed by atoms with van der Waals surface area (Å²) in [5.41, 5.74) is -0.947. The maximum Gasteiger partial charge on any atom is 0.234 e. The maximum absolute atomic E-state index is 11.3. The number of rotatable bonds is 8. The predicted octanol–water partition coefficient (Wildman–Crippen LogP) is -0.887. The van der Waals surface area contributed by atoms with Gasteiger partial charge in [0.25, 0.3) is 0 Å². The van der Waals surface area contributed by atoms with Crippen molar-refractivity contribution in [1.29, 1.82) is 0 Å². The highest BCUT2D eigenvalue weighted by molar-refractivity contribution is 5.78. The van der Waals surface area contributed by atoms with Crippen molar-refractivity contribution in [2.75, 3.05) is 33.4 Å². The van der Waals surface area contributed by atoms with E-state index in [-0.39, 0.29) is 19.0 Å². The van der Waals surface area contributed by atoms with Crippen LogP contribution in [0.3, 0.4) is 0 Å². The Kier molecular flexibility index (Phi) is 7.56. The number of methoxy groups -OCH3 is 1. The molecule has 0 aliphatic heterocycles. The third-order valence-corrected chi connectivity index (χ3v) is 2.02. The van der Waals surface area contributed by atoms with Gasteiger partial charge in [0.15, 0.2) is 0 Å². The fraction of sp³-hybridized carbons (Fsp3) is 0.727. The van der Waals surface area contributed by atoms with Gasteiger partial charge in [0.05, 0.1) is 18.7 Å². The zero-order valence-corrected chi connectivity index (χ0v) is 9.88. The van der Waals surface area contributed by atoms with E-state index in [1.807, 2.05) is 0 Å². The number of amides is 1. The van der Waals surface area contributed by atoms with E-state index in [1.165, 1.54) is 0 Å². The summed E-state index contributed by atoms with van der Waals surface area (Å²) in [6, 6.07) is 0. The van der Waals surface area contributed by atoms with Crippen LogP contribution < -0.4 is 10.6 Å². The second-order valence-corrected chi connectivity index (χ2v) is 3.82. The third-order valence-electron chi connectivity index (χ3n) is 2.02. The van der Waals surface area contributed by atoms with Gasteiger partial charge in [0.2, 0.25) is 5.91 Å². The zero-order chi connectivity index (χ0) is 12.4. The second kappa shape index (κ2) is 8.11. The van der Waals surface area contributed by atoms with Crippen molar-refractivity contribution in [1.82, 2.24) is 10.6 Å². The number of hydrogen-bond acceptors (Lipinski definition) is 4. The minimum atomic E-state index is -0.947. The van der Waals surface area contributed by atoms with Crippen LogP contribution in [0.5, 0.6) is 0 Å². The molecular weight excluding hydrogens is 208 g/mol. The highest BCUT2D eigenvalue weighted by atomic mass is 16.5. The average molecular weight is 228 g/mol. The lowest BCUT2D eigenvalue weighted by atomic mass is 10.0. The summed E-state index contributed by atoms with van der Waals surface area (Å²) >= 11 is 0. The molecule has 0 aliphatic carbocycles. The van der Waals surface area contributed by atoms with Crippen molar-refractivity contribution in [3.63, 3.8) is 0 Å². The number of terminal acetylenes is 1. The Morgan fingerprint density at radius 1 is 1.62 bits per heavy atom. The van der Waals surface area contributed by atoms with E-state index >= 15 is 0 Å². The molecule has 5 nitrogen and oxygen atoms in total. The van der Waals surface area contributed by atoms with Crippen molar-refractivity contribution >= 4 is 5.91 Å². The number of hydrogen-bond donors (Lipinski definition) is 3. The van der Waals surface area contributed by atoms with Gasteiger partial charge in [-0.05, 0) is 6.92 Å². The van der Waals surface area contributed by atoms with Gasteiger partial charge in [0.1, 0.15) is 0 Å². The lowest BCUT2D eigenvalue weighted by Gasteiger charge is -2.23. The van der Waals surface area contributed by atoms with Crippen molar-refractivity contribution in [2.45, 2.75) is 18.9 Å². The molecule has 1 unspecified atom stereocenters. The first-order chi connectivity index (χ1) is 7.52. The molecule has 92 valence electrons. The van der Waals surface area contributed by atoms with Crippen molar-refractivity contribution in [2.24, 2.45) is 0 Å². The molecule has 0 aromatic heterocycles. The van der Waals surface area contributed by atoms with E-state index in [9.17, 15) is 9.90 Å². The normalized spacial score (nSPS) is 13.9. The van der Waals surface area contributed by atoms with Gasteiger partial charge in [-0.25, -0.2) is 0 Å². The fourth-order valence-corrected chi connectivity index (χ4v) is 1.01. The van der Waals surface area contributed by atoms with Gasteiger partial charge in [0, 0.05) is 26.7 Å². The third kappa shape index (κ3) is 8.24. The SMILES string of the molecule is C#CCNCC(=O)NCC(C)(O)CCOC. The number of ether oxygens (including phenoxy) is 1. The molecule has 0 saturated heterocycles. The highest BCUT2D eigenvalue weighted by Gasteiger charge is 2.20. The minimum absolute atomic E-state index is 0.157.